The van der Waals surface area contributed by atoms with Gasteiger partial charge >= 0.3 is 23.9 Å². The molecule has 1 aliphatic rings. The molecule has 1 fully saturated rings. The van der Waals surface area contributed by atoms with E-state index >= 15 is 0 Å². The van der Waals surface area contributed by atoms with Gasteiger partial charge in [-0.2, -0.15) is 0 Å². The van der Waals surface area contributed by atoms with Crippen molar-refractivity contribution >= 4 is 39.8 Å². The van der Waals surface area contributed by atoms with Gasteiger partial charge in [-0.15, -0.1) is 0 Å². The first-order chi connectivity index (χ1) is 21.7. The number of halogens is 1. The van der Waals surface area contributed by atoms with Crippen molar-refractivity contribution in [2.45, 2.75) is 29.1 Å². The Morgan fingerprint density at radius 2 is 0.933 bits per heavy atom. The average Bonchev–Trinajstić information content (AvgIpc) is 3.07. The van der Waals surface area contributed by atoms with Crippen LogP contribution < -0.4 is 0 Å². The lowest BCUT2D eigenvalue weighted by molar-refractivity contribution is -0.299. The molecule has 1 aliphatic heterocycles. The van der Waals surface area contributed by atoms with Crippen LogP contribution in [0.15, 0.2) is 121 Å². The van der Waals surface area contributed by atoms with E-state index in [0.29, 0.717) is 0 Å². The molecule has 0 radical (unpaired) electrons. The molecule has 45 heavy (non-hydrogen) atoms. The third-order valence-electron chi connectivity index (χ3n) is 6.79. The summed E-state index contributed by atoms with van der Waals surface area (Å²) in [6.07, 6.45) is -6.38. The highest BCUT2D eigenvalue weighted by Gasteiger charge is 2.59. The van der Waals surface area contributed by atoms with E-state index in [9.17, 15) is 24.3 Å². The Labute approximate surface area is 266 Å². The molecule has 0 bridgehead atoms. The number of aliphatic hydroxyl groups is 1. The van der Waals surface area contributed by atoms with Crippen molar-refractivity contribution < 1.29 is 48.0 Å². The lowest BCUT2D eigenvalue weighted by Gasteiger charge is -2.46. The fourth-order valence-corrected chi connectivity index (χ4v) is 5.17. The van der Waals surface area contributed by atoms with Crippen molar-refractivity contribution in [2.75, 3.05) is 6.61 Å². The second-order valence-corrected chi connectivity index (χ2v) is 11.0. The standard InChI is InChI=1S/C34H27BrO10/c35-34(40)29(44-33(39)25-19-11-4-12-20-25)28(43-32(38)24-17-9-3-10-18-24)27(42-31(37)23-15-7-2-8-16-23)26(45-34)21-41-30(36)22-13-5-1-6-14-22/h1-20,26-29,40H,21H2/t26-,27-,28+,29-,34?/m1/s1. The zero-order valence-corrected chi connectivity index (χ0v) is 25.1. The van der Waals surface area contributed by atoms with Crippen molar-refractivity contribution in [2.24, 2.45) is 0 Å². The van der Waals surface area contributed by atoms with Gasteiger partial charge in [0.1, 0.15) is 12.7 Å². The van der Waals surface area contributed by atoms with E-state index in [0.717, 1.165) is 0 Å². The van der Waals surface area contributed by atoms with Crippen LogP contribution in [0.2, 0.25) is 0 Å². The number of ether oxygens (including phenoxy) is 5. The highest BCUT2D eigenvalue weighted by molar-refractivity contribution is 9.10. The Morgan fingerprint density at radius 3 is 1.36 bits per heavy atom. The Morgan fingerprint density at radius 1 is 0.578 bits per heavy atom. The summed E-state index contributed by atoms with van der Waals surface area (Å²) in [7, 11) is 0. The van der Waals surface area contributed by atoms with Gasteiger partial charge in [-0.1, -0.05) is 72.8 Å². The highest BCUT2D eigenvalue weighted by Crippen LogP contribution is 2.39. The van der Waals surface area contributed by atoms with E-state index in [4.69, 9.17) is 23.7 Å². The summed E-state index contributed by atoms with van der Waals surface area (Å²) >= 11 is 3.06. The van der Waals surface area contributed by atoms with Crippen LogP contribution in [-0.4, -0.2) is 64.7 Å². The first-order valence-electron chi connectivity index (χ1n) is 13.8. The van der Waals surface area contributed by atoms with Crippen LogP contribution in [0.1, 0.15) is 41.4 Å². The maximum Gasteiger partial charge on any atom is 0.338 e. The molecule has 1 saturated heterocycles. The molecule has 1 heterocycles. The zero-order valence-electron chi connectivity index (χ0n) is 23.6. The SMILES string of the molecule is O=C(OC[C@H]1OC(O)(Br)[C@H](OC(=O)c2ccccc2)[C@@H](OC(=O)c2ccccc2)[C@@H]1OC(=O)c1ccccc1)c1ccccc1. The van der Waals surface area contributed by atoms with Gasteiger partial charge < -0.3 is 28.8 Å². The van der Waals surface area contributed by atoms with E-state index in [2.05, 4.69) is 15.9 Å². The molecule has 230 valence electrons. The second kappa shape index (κ2) is 14.3. The van der Waals surface area contributed by atoms with Gasteiger partial charge in [0.15, 0.2) is 12.2 Å². The third-order valence-corrected chi connectivity index (χ3v) is 7.43. The fraction of sp³-hybridized carbons (Fsp3) is 0.176. The predicted molar refractivity (Wildman–Crippen MR) is 162 cm³/mol. The minimum absolute atomic E-state index is 0.130. The summed E-state index contributed by atoms with van der Waals surface area (Å²) in [6.45, 7) is -0.548. The Balaban J connectivity index is 1.51. The molecule has 0 aliphatic carbocycles. The number of alkyl halides is 1. The lowest BCUT2D eigenvalue weighted by Crippen LogP contribution is -2.66. The van der Waals surface area contributed by atoms with E-state index in [1.165, 1.54) is 36.4 Å². The molecule has 0 spiro atoms. The van der Waals surface area contributed by atoms with Crippen LogP contribution in [0.5, 0.6) is 0 Å². The van der Waals surface area contributed by atoms with Gasteiger partial charge in [-0.25, -0.2) is 19.2 Å². The molecule has 1 N–H and O–H groups in total. The van der Waals surface area contributed by atoms with Crippen LogP contribution in [0.3, 0.4) is 0 Å². The number of hydrogen-bond acceptors (Lipinski definition) is 10. The van der Waals surface area contributed by atoms with Gasteiger partial charge in [0.2, 0.25) is 6.10 Å². The largest absolute Gasteiger partial charge is 0.459 e. The third kappa shape index (κ3) is 7.82. The number of rotatable bonds is 9. The quantitative estimate of drug-likeness (QED) is 0.147. The van der Waals surface area contributed by atoms with Gasteiger partial charge in [-0.3, -0.25) is 0 Å². The molecule has 10 nitrogen and oxygen atoms in total. The Kier molecular flexibility index (Phi) is 10.0. The smallest absolute Gasteiger partial charge is 0.338 e. The van der Waals surface area contributed by atoms with E-state index in [1.54, 1.807) is 84.9 Å². The summed E-state index contributed by atoms with van der Waals surface area (Å²) < 4.78 is 26.1. The van der Waals surface area contributed by atoms with E-state index in [-0.39, 0.29) is 22.3 Å². The van der Waals surface area contributed by atoms with Gasteiger partial charge in [0, 0.05) is 0 Å². The number of carbonyl (C=O) groups excluding carboxylic acids is 4. The van der Waals surface area contributed by atoms with Crippen molar-refractivity contribution in [3.8, 4) is 0 Å². The van der Waals surface area contributed by atoms with Crippen molar-refractivity contribution in [3.63, 3.8) is 0 Å². The van der Waals surface area contributed by atoms with Crippen LogP contribution in [0, 0.1) is 0 Å². The van der Waals surface area contributed by atoms with Crippen molar-refractivity contribution in [3.05, 3.63) is 144 Å². The predicted octanol–water partition coefficient (Wildman–Crippen LogP) is 4.96. The molecule has 5 atom stereocenters. The molecule has 0 aromatic heterocycles. The molecular formula is C34H27BrO10. The topological polar surface area (TPSA) is 135 Å². The van der Waals surface area contributed by atoms with Gasteiger partial charge in [0.05, 0.1) is 22.3 Å². The number of benzene rings is 4. The van der Waals surface area contributed by atoms with Crippen LogP contribution in [0.4, 0.5) is 0 Å². The first kappa shape index (κ1) is 31.6. The molecular weight excluding hydrogens is 648 g/mol. The summed E-state index contributed by atoms with van der Waals surface area (Å²) in [5, 5.41) is 11.5. The van der Waals surface area contributed by atoms with Crippen LogP contribution >= 0.6 is 15.9 Å². The monoisotopic (exact) mass is 674 g/mol. The van der Waals surface area contributed by atoms with E-state index < -0.39 is 59.6 Å². The molecule has 11 heteroatoms. The van der Waals surface area contributed by atoms with Gasteiger partial charge in [-0.05, 0) is 64.5 Å². The van der Waals surface area contributed by atoms with Crippen molar-refractivity contribution in [1.29, 1.82) is 0 Å². The molecule has 0 amide bonds. The number of esters is 4. The average molecular weight is 675 g/mol. The first-order valence-corrected chi connectivity index (χ1v) is 14.6. The zero-order chi connectivity index (χ0) is 31.8. The maximum absolute atomic E-state index is 13.4. The second-order valence-electron chi connectivity index (χ2n) is 9.89. The normalized spacial score (nSPS) is 22.4. The molecule has 5 rings (SSSR count). The Hall–Kier alpha value is -4.84. The lowest BCUT2D eigenvalue weighted by atomic mass is 9.97. The molecule has 0 saturated carbocycles. The minimum atomic E-state index is -2.49. The molecule has 4 aromatic carbocycles. The van der Waals surface area contributed by atoms with Crippen LogP contribution in [0.25, 0.3) is 0 Å². The summed E-state index contributed by atoms with van der Waals surface area (Å²) in [5.41, 5.74) is 0.659. The van der Waals surface area contributed by atoms with E-state index in [1.807, 2.05) is 0 Å². The summed E-state index contributed by atoms with van der Waals surface area (Å²) in [5.74, 6) is -3.31. The fourth-order valence-electron chi connectivity index (χ4n) is 4.58. The summed E-state index contributed by atoms with van der Waals surface area (Å²) in [4.78, 5) is 52.7. The summed E-state index contributed by atoms with van der Waals surface area (Å²) in [6, 6.07) is 31.9. The van der Waals surface area contributed by atoms with Gasteiger partial charge in [0.25, 0.3) is 4.70 Å². The highest BCUT2D eigenvalue weighted by atomic mass is 79.9. The minimum Gasteiger partial charge on any atom is -0.459 e. The Bertz CT molecular complexity index is 1610. The maximum atomic E-state index is 13.4. The van der Waals surface area contributed by atoms with Crippen molar-refractivity contribution in [1.82, 2.24) is 0 Å². The van der Waals surface area contributed by atoms with Crippen LogP contribution in [-0.2, 0) is 23.7 Å². The molecule has 1 unspecified atom stereocenters. The molecule has 4 aromatic rings. The number of hydrogen-bond donors (Lipinski definition) is 1. The number of carbonyl (C=O) groups is 4.